The number of carbonyl (C=O) groups is 2. The van der Waals surface area contributed by atoms with Crippen molar-refractivity contribution in [2.75, 3.05) is 0 Å². The average molecular weight is 288 g/mol. The zero-order valence-electron chi connectivity index (χ0n) is 13.5. The number of rotatable bonds is 0. The van der Waals surface area contributed by atoms with Crippen LogP contribution in [0.15, 0.2) is 0 Å². The van der Waals surface area contributed by atoms with Crippen molar-refractivity contribution in [3.05, 3.63) is 0 Å². The number of hydrogen-bond donors (Lipinski definition) is 0. The SMILES string of the molecule is C[C@]12CCCC[C@@H]1CC[C@@H]1[C@@H]2CC(=O)[C@]2(C)CCC(=O)[C@@H]12. The molecule has 2 heteroatoms. The number of carbonyl (C=O) groups excluding carboxylic acids is 2. The summed E-state index contributed by atoms with van der Waals surface area (Å²) in [6.07, 6.45) is 10.0. The van der Waals surface area contributed by atoms with E-state index in [4.69, 9.17) is 0 Å². The van der Waals surface area contributed by atoms with Crippen LogP contribution in [0, 0.1) is 34.5 Å². The van der Waals surface area contributed by atoms with Crippen LogP contribution in [0.4, 0.5) is 0 Å². The Morgan fingerprint density at radius 1 is 1.00 bits per heavy atom. The Hall–Kier alpha value is -0.660. The molecule has 4 rings (SSSR count). The number of ketones is 2. The maximum absolute atomic E-state index is 12.9. The largest absolute Gasteiger partial charge is 0.299 e. The fourth-order valence-electron chi connectivity index (χ4n) is 6.77. The topological polar surface area (TPSA) is 34.1 Å². The van der Waals surface area contributed by atoms with E-state index in [0.717, 1.165) is 18.8 Å². The summed E-state index contributed by atoms with van der Waals surface area (Å²) in [5, 5.41) is 0. The Bertz CT molecular complexity index is 496. The highest BCUT2D eigenvalue weighted by molar-refractivity contribution is 5.97. The summed E-state index contributed by atoms with van der Waals surface area (Å²) in [7, 11) is 0. The lowest BCUT2D eigenvalue weighted by Gasteiger charge is -2.58. The summed E-state index contributed by atoms with van der Waals surface area (Å²) < 4.78 is 0. The summed E-state index contributed by atoms with van der Waals surface area (Å²) in [6, 6.07) is 0. The molecule has 0 amide bonds. The lowest BCUT2D eigenvalue weighted by Crippen LogP contribution is -2.56. The monoisotopic (exact) mass is 288 g/mol. The molecule has 0 aromatic carbocycles. The summed E-state index contributed by atoms with van der Waals surface area (Å²) >= 11 is 0. The van der Waals surface area contributed by atoms with Gasteiger partial charge in [0.2, 0.25) is 0 Å². The predicted octanol–water partition coefficient (Wildman–Crippen LogP) is 4.17. The smallest absolute Gasteiger partial charge is 0.139 e. The summed E-state index contributed by atoms with van der Waals surface area (Å²) in [5.41, 5.74) is 0.0249. The molecule has 21 heavy (non-hydrogen) atoms. The molecule has 0 N–H and O–H groups in total. The van der Waals surface area contributed by atoms with E-state index in [9.17, 15) is 9.59 Å². The van der Waals surface area contributed by atoms with Crippen molar-refractivity contribution in [2.24, 2.45) is 34.5 Å². The maximum Gasteiger partial charge on any atom is 0.139 e. The molecule has 0 saturated heterocycles. The molecule has 0 bridgehead atoms. The Morgan fingerprint density at radius 3 is 2.62 bits per heavy atom. The minimum absolute atomic E-state index is 0.0588. The van der Waals surface area contributed by atoms with Crippen molar-refractivity contribution >= 4 is 11.6 Å². The van der Waals surface area contributed by atoms with E-state index >= 15 is 0 Å². The van der Waals surface area contributed by atoms with E-state index in [1.54, 1.807) is 0 Å². The first-order chi connectivity index (χ1) is 9.97. The molecule has 0 spiro atoms. The van der Waals surface area contributed by atoms with E-state index in [1.807, 2.05) is 0 Å². The molecule has 4 aliphatic rings. The lowest BCUT2D eigenvalue weighted by molar-refractivity contribution is -0.157. The van der Waals surface area contributed by atoms with Crippen molar-refractivity contribution < 1.29 is 9.59 Å². The number of hydrogen-bond acceptors (Lipinski definition) is 2. The van der Waals surface area contributed by atoms with Gasteiger partial charge in [0, 0.05) is 24.2 Å². The van der Waals surface area contributed by atoms with Gasteiger partial charge >= 0.3 is 0 Å². The fourth-order valence-corrected chi connectivity index (χ4v) is 6.77. The second-order valence-corrected chi connectivity index (χ2v) is 8.78. The second-order valence-electron chi connectivity index (χ2n) is 8.78. The zero-order chi connectivity index (χ0) is 14.8. The van der Waals surface area contributed by atoms with Gasteiger partial charge in [-0.15, -0.1) is 0 Å². The minimum atomic E-state index is -0.309. The molecule has 6 atom stereocenters. The molecular weight excluding hydrogens is 260 g/mol. The first-order valence-corrected chi connectivity index (χ1v) is 9.03. The molecule has 0 aromatic rings. The number of fused-ring (bicyclic) bond motifs is 5. The van der Waals surface area contributed by atoms with Gasteiger partial charge < -0.3 is 0 Å². The van der Waals surface area contributed by atoms with Crippen molar-refractivity contribution in [1.82, 2.24) is 0 Å². The minimum Gasteiger partial charge on any atom is -0.299 e. The third-order valence-electron chi connectivity index (χ3n) is 8.06. The van der Waals surface area contributed by atoms with Gasteiger partial charge in [-0.05, 0) is 55.3 Å². The van der Waals surface area contributed by atoms with Crippen LogP contribution < -0.4 is 0 Å². The standard InChI is InChI=1S/C19H28O2/c1-18-9-4-3-5-12(18)6-7-13-14(18)11-16(21)19(2)10-8-15(20)17(13)19/h12-14,17H,3-11H2,1-2H3/t12-,13-,14+,17-,18+,19+/m1/s1. The van der Waals surface area contributed by atoms with Gasteiger partial charge in [-0.25, -0.2) is 0 Å². The van der Waals surface area contributed by atoms with Crippen LogP contribution >= 0.6 is 0 Å². The van der Waals surface area contributed by atoms with Gasteiger partial charge in [-0.1, -0.05) is 26.7 Å². The molecule has 2 nitrogen and oxygen atoms in total. The van der Waals surface area contributed by atoms with Crippen LogP contribution in [0.3, 0.4) is 0 Å². The van der Waals surface area contributed by atoms with Crippen molar-refractivity contribution in [3.63, 3.8) is 0 Å². The summed E-state index contributed by atoms with van der Waals surface area (Å²) in [6.45, 7) is 4.54. The molecule has 4 fully saturated rings. The molecule has 4 aliphatic carbocycles. The normalized spacial score (nSPS) is 53.0. The van der Waals surface area contributed by atoms with Crippen molar-refractivity contribution in [3.8, 4) is 0 Å². The Kier molecular flexibility index (Phi) is 2.94. The third kappa shape index (κ3) is 1.71. The Balaban J connectivity index is 1.74. The highest BCUT2D eigenvalue weighted by Gasteiger charge is 2.62. The van der Waals surface area contributed by atoms with Crippen LogP contribution in [0.1, 0.15) is 71.6 Å². The highest BCUT2D eigenvalue weighted by Crippen LogP contribution is 2.64. The molecular formula is C19H28O2. The van der Waals surface area contributed by atoms with Gasteiger partial charge in [0.1, 0.15) is 11.6 Å². The first-order valence-electron chi connectivity index (χ1n) is 9.03. The predicted molar refractivity (Wildman–Crippen MR) is 81.7 cm³/mol. The molecule has 0 unspecified atom stereocenters. The zero-order valence-corrected chi connectivity index (χ0v) is 13.5. The molecule has 0 aliphatic heterocycles. The van der Waals surface area contributed by atoms with E-state index in [-0.39, 0.29) is 11.3 Å². The summed E-state index contributed by atoms with van der Waals surface area (Å²) in [5.74, 6) is 2.67. The fraction of sp³-hybridized carbons (Fsp3) is 0.895. The van der Waals surface area contributed by atoms with Crippen molar-refractivity contribution in [1.29, 1.82) is 0 Å². The molecule has 4 saturated carbocycles. The van der Waals surface area contributed by atoms with Crippen LogP contribution in [0.2, 0.25) is 0 Å². The van der Waals surface area contributed by atoms with Gasteiger partial charge in [-0.3, -0.25) is 9.59 Å². The van der Waals surface area contributed by atoms with Crippen LogP contribution in [-0.2, 0) is 9.59 Å². The average Bonchev–Trinajstić information content (AvgIpc) is 2.77. The molecule has 0 heterocycles. The van der Waals surface area contributed by atoms with E-state index in [0.29, 0.717) is 35.2 Å². The highest BCUT2D eigenvalue weighted by atomic mass is 16.1. The molecule has 0 radical (unpaired) electrons. The molecule has 0 aromatic heterocycles. The van der Waals surface area contributed by atoms with Crippen molar-refractivity contribution in [2.45, 2.75) is 71.6 Å². The summed E-state index contributed by atoms with van der Waals surface area (Å²) in [4.78, 5) is 25.4. The quantitative estimate of drug-likeness (QED) is 0.670. The van der Waals surface area contributed by atoms with Gasteiger partial charge in [0.15, 0.2) is 0 Å². The number of Topliss-reactive ketones (excluding diaryl/α,β-unsaturated/α-hetero) is 2. The maximum atomic E-state index is 12.9. The van der Waals surface area contributed by atoms with E-state index in [2.05, 4.69) is 13.8 Å². The lowest BCUT2D eigenvalue weighted by atomic mass is 9.45. The molecule has 116 valence electrons. The third-order valence-corrected chi connectivity index (χ3v) is 8.06. The van der Waals surface area contributed by atoms with Gasteiger partial charge in [0.05, 0.1) is 0 Å². The van der Waals surface area contributed by atoms with E-state index in [1.165, 1.54) is 38.5 Å². The first kappa shape index (κ1) is 14.0. The van der Waals surface area contributed by atoms with Crippen LogP contribution in [-0.4, -0.2) is 11.6 Å². The van der Waals surface area contributed by atoms with Gasteiger partial charge in [-0.2, -0.15) is 0 Å². The second kappa shape index (κ2) is 4.43. The Morgan fingerprint density at radius 2 is 1.81 bits per heavy atom. The van der Waals surface area contributed by atoms with E-state index < -0.39 is 0 Å². The van der Waals surface area contributed by atoms with Crippen LogP contribution in [0.5, 0.6) is 0 Å². The van der Waals surface area contributed by atoms with Crippen LogP contribution in [0.25, 0.3) is 0 Å². The Labute approximate surface area is 128 Å². The van der Waals surface area contributed by atoms with Gasteiger partial charge in [0.25, 0.3) is 0 Å².